The lowest BCUT2D eigenvalue weighted by Crippen LogP contribution is -2.58. The second kappa shape index (κ2) is 2.69. The molecule has 2 N–H and O–H groups in total. The number of nitrogens with one attached hydrogen (secondary N) is 2. The van der Waals surface area contributed by atoms with Gasteiger partial charge in [0.15, 0.2) is 0 Å². The fraction of sp³-hybridized carbons (Fsp3) is 1.00. The third kappa shape index (κ3) is 1.49. The number of rotatable bonds is 0. The summed E-state index contributed by atoms with van der Waals surface area (Å²) in [5, 5.41) is 6.82. The summed E-state index contributed by atoms with van der Waals surface area (Å²) in [5.41, 5.74) is 0.267. The monoisotopic (exact) mass is 170 g/mol. The number of ether oxygens (including phenoxy) is 1. The Morgan fingerprint density at radius 3 is 2.58 bits per heavy atom. The van der Waals surface area contributed by atoms with Crippen molar-refractivity contribution in [3.05, 3.63) is 0 Å². The Morgan fingerprint density at radius 2 is 2.08 bits per heavy atom. The molecule has 1 spiro atoms. The van der Waals surface area contributed by atoms with Gasteiger partial charge in [0.1, 0.15) is 5.72 Å². The summed E-state index contributed by atoms with van der Waals surface area (Å²) < 4.78 is 5.87. The van der Waals surface area contributed by atoms with Gasteiger partial charge in [0.25, 0.3) is 0 Å². The molecule has 2 rings (SSSR count). The SMILES string of the molecule is CC1(C)CNC2(CCNC2)OC1. The average Bonchev–Trinajstić information content (AvgIpc) is 2.46. The second-order valence-electron chi connectivity index (χ2n) is 4.73. The summed E-state index contributed by atoms with van der Waals surface area (Å²) in [4.78, 5) is 0. The molecule has 2 fully saturated rings. The summed E-state index contributed by atoms with van der Waals surface area (Å²) >= 11 is 0. The predicted octanol–water partition coefficient (Wildman–Crippen LogP) is 0.322. The van der Waals surface area contributed by atoms with Crippen LogP contribution in [0.2, 0.25) is 0 Å². The smallest absolute Gasteiger partial charge is 0.133 e. The molecule has 2 aliphatic rings. The molecule has 0 aromatic carbocycles. The zero-order valence-electron chi connectivity index (χ0n) is 7.94. The Balaban J connectivity index is 1.97. The van der Waals surface area contributed by atoms with Crippen LogP contribution >= 0.6 is 0 Å². The fourth-order valence-electron chi connectivity index (χ4n) is 1.78. The predicted molar refractivity (Wildman–Crippen MR) is 48.0 cm³/mol. The third-order valence-corrected chi connectivity index (χ3v) is 2.74. The first kappa shape index (κ1) is 8.48. The summed E-state index contributed by atoms with van der Waals surface area (Å²) in [7, 11) is 0. The van der Waals surface area contributed by atoms with Crippen molar-refractivity contribution in [2.24, 2.45) is 5.41 Å². The summed E-state index contributed by atoms with van der Waals surface area (Å²) in [6, 6.07) is 0. The highest BCUT2D eigenvalue weighted by molar-refractivity contribution is 4.93. The largest absolute Gasteiger partial charge is 0.359 e. The van der Waals surface area contributed by atoms with Crippen LogP contribution in [-0.4, -0.2) is 32.0 Å². The van der Waals surface area contributed by atoms with E-state index < -0.39 is 0 Å². The molecule has 2 heterocycles. The average molecular weight is 170 g/mol. The Hall–Kier alpha value is -0.120. The minimum absolute atomic E-state index is 0.0322. The van der Waals surface area contributed by atoms with E-state index in [1.165, 1.54) is 0 Å². The normalized spacial score (nSPS) is 40.5. The standard InChI is InChI=1S/C9H18N2O/c1-8(2)5-11-9(12-7-8)3-4-10-6-9/h10-11H,3-7H2,1-2H3. The molecule has 12 heavy (non-hydrogen) atoms. The molecule has 1 atom stereocenters. The van der Waals surface area contributed by atoms with Crippen molar-refractivity contribution in [2.75, 3.05) is 26.2 Å². The first-order valence-electron chi connectivity index (χ1n) is 4.72. The molecule has 0 saturated carbocycles. The quantitative estimate of drug-likeness (QED) is 0.549. The molecular formula is C9H18N2O. The van der Waals surface area contributed by atoms with E-state index in [4.69, 9.17) is 4.74 Å². The molecule has 3 nitrogen and oxygen atoms in total. The van der Waals surface area contributed by atoms with Crippen molar-refractivity contribution in [1.82, 2.24) is 10.6 Å². The van der Waals surface area contributed by atoms with Gasteiger partial charge in [-0.15, -0.1) is 0 Å². The summed E-state index contributed by atoms with van der Waals surface area (Å²) in [6.45, 7) is 8.44. The van der Waals surface area contributed by atoms with E-state index in [-0.39, 0.29) is 5.72 Å². The van der Waals surface area contributed by atoms with Gasteiger partial charge in [-0.1, -0.05) is 13.8 Å². The minimum atomic E-state index is -0.0322. The van der Waals surface area contributed by atoms with E-state index in [1.807, 2.05) is 0 Å². The van der Waals surface area contributed by atoms with Crippen LogP contribution in [-0.2, 0) is 4.74 Å². The van der Waals surface area contributed by atoms with Crippen LogP contribution in [0.3, 0.4) is 0 Å². The van der Waals surface area contributed by atoms with Crippen molar-refractivity contribution >= 4 is 0 Å². The van der Waals surface area contributed by atoms with Crippen molar-refractivity contribution in [1.29, 1.82) is 0 Å². The van der Waals surface area contributed by atoms with Gasteiger partial charge in [0.2, 0.25) is 0 Å². The number of hydrogen-bond donors (Lipinski definition) is 2. The van der Waals surface area contributed by atoms with Crippen LogP contribution in [0.15, 0.2) is 0 Å². The maximum atomic E-state index is 5.87. The molecule has 2 aliphatic heterocycles. The van der Waals surface area contributed by atoms with Crippen LogP contribution in [0, 0.1) is 5.41 Å². The first-order chi connectivity index (χ1) is 5.62. The van der Waals surface area contributed by atoms with Crippen LogP contribution in [0.1, 0.15) is 20.3 Å². The van der Waals surface area contributed by atoms with Crippen LogP contribution < -0.4 is 10.6 Å². The summed E-state index contributed by atoms with van der Waals surface area (Å²) in [6.07, 6.45) is 1.10. The molecule has 0 bridgehead atoms. The van der Waals surface area contributed by atoms with Crippen LogP contribution in [0.25, 0.3) is 0 Å². The molecule has 1 unspecified atom stereocenters. The van der Waals surface area contributed by atoms with Gasteiger partial charge in [0.05, 0.1) is 6.61 Å². The Bertz CT molecular complexity index is 161. The fourth-order valence-corrected chi connectivity index (χ4v) is 1.78. The molecule has 70 valence electrons. The van der Waals surface area contributed by atoms with Crippen molar-refractivity contribution < 1.29 is 4.74 Å². The Labute approximate surface area is 73.9 Å². The molecule has 3 heteroatoms. The lowest BCUT2D eigenvalue weighted by atomic mass is 9.91. The maximum absolute atomic E-state index is 5.87. The van der Waals surface area contributed by atoms with E-state index in [0.717, 1.165) is 32.7 Å². The molecule has 0 amide bonds. The maximum Gasteiger partial charge on any atom is 0.133 e. The third-order valence-electron chi connectivity index (χ3n) is 2.74. The Morgan fingerprint density at radius 1 is 1.25 bits per heavy atom. The molecule has 0 aromatic rings. The van der Waals surface area contributed by atoms with Gasteiger partial charge >= 0.3 is 0 Å². The second-order valence-corrected chi connectivity index (χ2v) is 4.73. The van der Waals surface area contributed by atoms with Gasteiger partial charge < -0.3 is 10.1 Å². The lowest BCUT2D eigenvalue weighted by Gasteiger charge is -2.42. The van der Waals surface area contributed by atoms with Crippen molar-refractivity contribution in [3.8, 4) is 0 Å². The highest BCUT2D eigenvalue weighted by Gasteiger charge is 2.40. The van der Waals surface area contributed by atoms with E-state index in [1.54, 1.807) is 0 Å². The molecule has 0 radical (unpaired) electrons. The highest BCUT2D eigenvalue weighted by Crippen LogP contribution is 2.27. The first-order valence-corrected chi connectivity index (χ1v) is 4.72. The molecule has 0 aliphatic carbocycles. The van der Waals surface area contributed by atoms with Gasteiger partial charge in [-0.3, -0.25) is 5.32 Å². The topological polar surface area (TPSA) is 33.3 Å². The van der Waals surface area contributed by atoms with Crippen LogP contribution in [0.5, 0.6) is 0 Å². The zero-order valence-corrected chi connectivity index (χ0v) is 7.94. The van der Waals surface area contributed by atoms with Gasteiger partial charge in [-0.2, -0.15) is 0 Å². The van der Waals surface area contributed by atoms with Gasteiger partial charge in [0, 0.05) is 24.9 Å². The number of hydrogen-bond acceptors (Lipinski definition) is 3. The van der Waals surface area contributed by atoms with Crippen molar-refractivity contribution in [2.45, 2.75) is 26.0 Å². The highest BCUT2D eigenvalue weighted by atomic mass is 16.5. The lowest BCUT2D eigenvalue weighted by molar-refractivity contribution is -0.124. The minimum Gasteiger partial charge on any atom is -0.359 e. The van der Waals surface area contributed by atoms with E-state index in [9.17, 15) is 0 Å². The molecular weight excluding hydrogens is 152 g/mol. The van der Waals surface area contributed by atoms with Crippen molar-refractivity contribution in [3.63, 3.8) is 0 Å². The molecule has 2 saturated heterocycles. The van der Waals surface area contributed by atoms with E-state index in [2.05, 4.69) is 24.5 Å². The summed E-state index contributed by atoms with van der Waals surface area (Å²) in [5.74, 6) is 0. The van der Waals surface area contributed by atoms with E-state index >= 15 is 0 Å². The van der Waals surface area contributed by atoms with Crippen LogP contribution in [0.4, 0.5) is 0 Å². The Kier molecular flexibility index (Phi) is 1.90. The van der Waals surface area contributed by atoms with E-state index in [0.29, 0.717) is 5.41 Å². The molecule has 0 aromatic heterocycles. The zero-order chi connectivity index (χ0) is 8.66. The van der Waals surface area contributed by atoms with Gasteiger partial charge in [-0.25, -0.2) is 0 Å². The van der Waals surface area contributed by atoms with Gasteiger partial charge in [-0.05, 0) is 6.54 Å².